The van der Waals surface area contributed by atoms with Crippen LogP contribution in [-0.4, -0.2) is 25.8 Å². The van der Waals surface area contributed by atoms with Gasteiger partial charge < -0.3 is 5.73 Å². The Morgan fingerprint density at radius 2 is 2.05 bits per heavy atom. The summed E-state index contributed by atoms with van der Waals surface area (Å²) in [4.78, 5) is 0.373. The number of hydrogen-bond acceptors (Lipinski definition) is 3. The van der Waals surface area contributed by atoms with E-state index >= 15 is 0 Å². The number of nitrogens with zero attached hydrogens (tertiary/aromatic N) is 1. The Balaban J connectivity index is 2.42. The molecule has 112 valence electrons. The lowest BCUT2D eigenvalue weighted by Crippen LogP contribution is -2.43. The fourth-order valence-electron chi connectivity index (χ4n) is 2.82. The van der Waals surface area contributed by atoms with Gasteiger partial charge in [-0.25, -0.2) is 8.42 Å². The molecule has 1 heterocycles. The van der Waals surface area contributed by atoms with Crippen LogP contribution in [0.2, 0.25) is 0 Å². The lowest BCUT2D eigenvalue weighted by Gasteiger charge is -2.37. The molecule has 0 amide bonds. The largest absolute Gasteiger partial charge is 0.399 e. The van der Waals surface area contributed by atoms with Gasteiger partial charge in [0, 0.05) is 18.8 Å². The molecule has 20 heavy (non-hydrogen) atoms. The summed E-state index contributed by atoms with van der Waals surface area (Å²) in [5.41, 5.74) is 7.15. The predicted octanol–water partition coefficient (Wildman–Crippen LogP) is 2.64. The highest BCUT2D eigenvalue weighted by atomic mass is 32.2. The quantitative estimate of drug-likeness (QED) is 0.872. The molecule has 0 aliphatic carbocycles. The molecule has 0 bridgehead atoms. The molecule has 1 saturated heterocycles. The Morgan fingerprint density at radius 1 is 1.35 bits per heavy atom. The van der Waals surface area contributed by atoms with Gasteiger partial charge in [0.1, 0.15) is 0 Å². The second kappa shape index (κ2) is 5.37. The van der Waals surface area contributed by atoms with E-state index in [1.54, 1.807) is 16.4 Å². The number of piperidine rings is 1. The van der Waals surface area contributed by atoms with Crippen LogP contribution in [0.1, 0.15) is 39.2 Å². The minimum absolute atomic E-state index is 0.0397. The number of hydrogen-bond donors (Lipinski definition) is 1. The lowest BCUT2D eigenvalue weighted by molar-refractivity contribution is 0.187. The van der Waals surface area contributed by atoms with E-state index in [-0.39, 0.29) is 5.41 Å². The molecule has 2 N–H and O–H groups in total. The summed E-state index contributed by atoms with van der Waals surface area (Å²) in [5.74, 6) is 0. The first kappa shape index (κ1) is 15.3. The molecular formula is C15H24N2O2S. The van der Waals surface area contributed by atoms with Crippen LogP contribution in [0.4, 0.5) is 5.69 Å². The lowest BCUT2D eigenvalue weighted by atomic mass is 9.85. The van der Waals surface area contributed by atoms with Crippen LogP contribution in [0, 0.1) is 5.41 Å². The van der Waals surface area contributed by atoms with Gasteiger partial charge in [-0.05, 0) is 42.4 Å². The first-order chi connectivity index (χ1) is 9.26. The van der Waals surface area contributed by atoms with Crippen LogP contribution < -0.4 is 5.73 Å². The molecule has 4 nitrogen and oxygen atoms in total. The second-order valence-corrected chi connectivity index (χ2v) is 8.23. The van der Waals surface area contributed by atoms with Crippen LogP contribution >= 0.6 is 0 Å². The van der Waals surface area contributed by atoms with Gasteiger partial charge in [0.05, 0.1) is 4.90 Å². The summed E-state index contributed by atoms with van der Waals surface area (Å²) in [6.45, 7) is 7.38. The Morgan fingerprint density at radius 3 is 2.65 bits per heavy atom. The summed E-state index contributed by atoms with van der Waals surface area (Å²) in [7, 11) is -3.44. The normalized spacial score (nSPS) is 19.9. The molecule has 0 unspecified atom stereocenters. The van der Waals surface area contributed by atoms with Crippen LogP contribution in [-0.2, 0) is 16.4 Å². The molecule has 0 aromatic heterocycles. The number of benzene rings is 1. The monoisotopic (exact) mass is 296 g/mol. The van der Waals surface area contributed by atoms with Crippen molar-refractivity contribution < 1.29 is 8.42 Å². The Kier molecular flexibility index (Phi) is 4.12. The van der Waals surface area contributed by atoms with Gasteiger partial charge in [-0.3, -0.25) is 0 Å². The van der Waals surface area contributed by atoms with E-state index < -0.39 is 10.0 Å². The molecule has 0 spiro atoms. The van der Waals surface area contributed by atoms with Crippen molar-refractivity contribution in [2.75, 3.05) is 18.8 Å². The van der Waals surface area contributed by atoms with E-state index in [2.05, 4.69) is 13.8 Å². The van der Waals surface area contributed by atoms with Crippen molar-refractivity contribution in [2.24, 2.45) is 5.41 Å². The molecule has 1 aromatic rings. The zero-order valence-corrected chi connectivity index (χ0v) is 13.3. The predicted molar refractivity (Wildman–Crippen MR) is 82.0 cm³/mol. The number of nitrogen functional groups attached to an aromatic ring is 1. The summed E-state index contributed by atoms with van der Waals surface area (Å²) in [6.07, 6.45) is 2.67. The maximum atomic E-state index is 12.9. The highest BCUT2D eigenvalue weighted by Crippen LogP contribution is 2.33. The average Bonchev–Trinajstić information content (AvgIpc) is 2.37. The summed E-state index contributed by atoms with van der Waals surface area (Å²) in [6, 6.07) is 5.17. The van der Waals surface area contributed by atoms with Crippen molar-refractivity contribution in [3.05, 3.63) is 23.8 Å². The molecule has 1 fully saturated rings. The van der Waals surface area contributed by atoms with Gasteiger partial charge in [0.2, 0.25) is 10.0 Å². The maximum Gasteiger partial charge on any atom is 0.243 e. The second-order valence-electron chi connectivity index (χ2n) is 6.33. The number of sulfonamides is 1. The van der Waals surface area contributed by atoms with Crippen LogP contribution in [0.15, 0.2) is 23.1 Å². The van der Waals surface area contributed by atoms with Crippen LogP contribution in [0.5, 0.6) is 0 Å². The van der Waals surface area contributed by atoms with Gasteiger partial charge in [0.25, 0.3) is 0 Å². The van der Waals surface area contributed by atoms with Gasteiger partial charge in [-0.2, -0.15) is 4.31 Å². The van der Waals surface area contributed by atoms with E-state index in [0.717, 1.165) is 18.4 Å². The molecule has 2 rings (SSSR count). The minimum atomic E-state index is -3.44. The molecule has 1 aliphatic rings. The van der Waals surface area contributed by atoms with Crippen molar-refractivity contribution >= 4 is 15.7 Å². The van der Waals surface area contributed by atoms with Gasteiger partial charge in [-0.1, -0.05) is 26.8 Å². The summed E-state index contributed by atoms with van der Waals surface area (Å²) in [5, 5.41) is 0. The fraction of sp³-hybridized carbons (Fsp3) is 0.600. The number of aryl methyl sites for hydroxylation is 1. The van der Waals surface area contributed by atoms with E-state index in [1.807, 2.05) is 13.0 Å². The Hall–Kier alpha value is -1.07. The molecule has 1 aliphatic heterocycles. The van der Waals surface area contributed by atoms with E-state index in [1.165, 1.54) is 0 Å². The molecule has 0 radical (unpaired) electrons. The molecule has 5 heteroatoms. The first-order valence-electron chi connectivity index (χ1n) is 7.15. The molecular weight excluding hydrogens is 272 g/mol. The maximum absolute atomic E-state index is 12.9. The number of rotatable bonds is 3. The Bertz CT molecular complexity index is 594. The fourth-order valence-corrected chi connectivity index (χ4v) is 4.81. The van der Waals surface area contributed by atoms with Crippen molar-refractivity contribution in [3.63, 3.8) is 0 Å². The smallest absolute Gasteiger partial charge is 0.243 e. The molecule has 1 aromatic carbocycles. The minimum Gasteiger partial charge on any atom is -0.399 e. The molecule has 0 atom stereocenters. The van der Waals surface area contributed by atoms with Gasteiger partial charge in [0.15, 0.2) is 0 Å². The SMILES string of the molecule is CCc1ccc(N)cc1S(=O)(=O)N1CCCC(C)(C)C1. The van der Waals surface area contributed by atoms with Gasteiger partial charge >= 0.3 is 0 Å². The number of nitrogens with two attached hydrogens (primary N) is 1. The zero-order valence-electron chi connectivity index (χ0n) is 12.5. The van der Waals surface area contributed by atoms with Crippen LogP contribution in [0.25, 0.3) is 0 Å². The summed E-state index contributed by atoms with van der Waals surface area (Å²) < 4.78 is 27.4. The standard InChI is InChI=1S/C15H24N2O2S/c1-4-12-6-7-13(16)10-14(12)20(18,19)17-9-5-8-15(2,3)11-17/h6-7,10H,4-5,8-9,11,16H2,1-3H3. The highest BCUT2D eigenvalue weighted by molar-refractivity contribution is 7.89. The highest BCUT2D eigenvalue weighted by Gasteiger charge is 2.34. The molecule has 0 saturated carbocycles. The van der Waals surface area contributed by atoms with E-state index in [0.29, 0.717) is 30.1 Å². The first-order valence-corrected chi connectivity index (χ1v) is 8.59. The van der Waals surface area contributed by atoms with Crippen LogP contribution in [0.3, 0.4) is 0 Å². The van der Waals surface area contributed by atoms with Gasteiger partial charge in [-0.15, -0.1) is 0 Å². The van der Waals surface area contributed by atoms with Crippen molar-refractivity contribution in [2.45, 2.75) is 44.9 Å². The third-order valence-electron chi connectivity index (χ3n) is 3.96. The van der Waals surface area contributed by atoms with E-state index in [9.17, 15) is 8.42 Å². The average molecular weight is 296 g/mol. The van der Waals surface area contributed by atoms with E-state index in [4.69, 9.17) is 5.73 Å². The Labute approximate surface area is 122 Å². The third-order valence-corrected chi connectivity index (χ3v) is 5.88. The third kappa shape index (κ3) is 2.99. The van der Waals surface area contributed by atoms with Crippen molar-refractivity contribution in [3.8, 4) is 0 Å². The topological polar surface area (TPSA) is 63.4 Å². The van der Waals surface area contributed by atoms with Crippen molar-refractivity contribution in [1.82, 2.24) is 4.31 Å². The van der Waals surface area contributed by atoms with Crippen molar-refractivity contribution in [1.29, 1.82) is 0 Å². The summed E-state index contributed by atoms with van der Waals surface area (Å²) >= 11 is 0. The zero-order chi connectivity index (χ0) is 15.0. The number of anilines is 1.